The van der Waals surface area contributed by atoms with E-state index in [2.05, 4.69) is 4.98 Å². The minimum atomic E-state index is 0.189. The van der Waals surface area contributed by atoms with E-state index in [1.165, 1.54) is 6.07 Å². The molecule has 0 saturated carbocycles. The molecule has 58 valence electrons. The molecule has 0 aromatic carbocycles. The van der Waals surface area contributed by atoms with Gasteiger partial charge in [0.2, 0.25) is 0 Å². The van der Waals surface area contributed by atoms with Gasteiger partial charge in [0.15, 0.2) is 6.29 Å². The Morgan fingerprint density at radius 1 is 1.55 bits per heavy atom. The van der Waals surface area contributed by atoms with Gasteiger partial charge in [-0.3, -0.25) is 4.79 Å². The van der Waals surface area contributed by atoms with E-state index in [1.54, 1.807) is 0 Å². The normalized spacial score (nSPS) is 9.73. The van der Waals surface area contributed by atoms with Gasteiger partial charge in [-0.2, -0.15) is 0 Å². The molecule has 2 nitrogen and oxygen atoms in total. The molecule has 0 radical (unpaired) electrons. The topological polar surface area (TPSA) is 30.0 Å². The van der Waals surface area contributed by atoms with E-state index in [4.69, 9.17) is 23.2 Å². The van der Waals surface area contributed by atoms with Crippen molar-refractivity contribution >= 4 is 52.1 Å². The summed E-state index contributed by atoms with van der Waals surface area (Å²) in [4.78, 5) is 14.1. The van der Waals surface area contributed by atoms with Crippen molar-refractivity contribution in [3.05, 3.63) is 25.5 Å². The largest absolute Gasteiger partial charge is 0.298 e. The smallest absolute Gasteiger partial charge is 0.153 e. The van der Waals surface area contributed by atoms with E-state index in [1.807, 2.05) is 22.6 Å². The number of carbonyl (C=O) groups excluding carboxylic acids is 1. The minimum absolute atomic E-state index is 0.189. The number of hydrogen-bond acceptors (Lipinski definition) is 2. The first kappa shape index (κ1) is 9.22. The second kappa shape index (κ2) is 3.69. The molecule has 0 saturated heterocycles. The highest BCUT2D eigenvalue weighted by molar-refractivity contribution is 14.1. The number of carbonyl (C=O) groups is 1. The summed E-state index contributed by atoms with van der Waals surface area (Å²) in [6.45, 7) is 0. The Hall–Kier alpha value is 0.130. The second-order valence-electron chi connectivity index (χ2n) is 1.76. The lowest BCUT2D eigenvalue weighted by Gasteiger charge is -1.97. The van der Waals surface area contributed by atoms with Gasteiger partial charge >= 0.3 is 0 Å². The number of hydrogen-bond donors (Lipinski definition) is 0. The number of pyridine rings is 1. The summed E-state index contributed by atoms with van der Waals surface area (Å²) >= 11 is 13.2. The van der Waals surface area contributed by atoms with Crippen LogP contribution in [0.4, 0.5) is 0 Å². The second-order valence-corrected chi connectivity index (χ2v) is 3.55. The lowest BCUT2D eigenvalue weighted by molar-refractivity contribution is 0.112. The van der Waals surface area contributed by atoms with Crippen molar-refractivity contribution in [1.82, 2.24) is 4.98 Å². The Bertz CT molecular complexity index is 303. The predicted octanol–water partition coefficient (Wildman–Crippen LogP) is 2.81. The molecule has 0 N–H and O–H groups in total. The maximum Gasteiger partial charge on any atom is 0.153 e. The third-order valence-electron chi connectivity index (χ3n) is 1.04. The van der Waals surface area contributed by atoms with Crippen molar-refractivity contribution in [3.63, 3.8) is 0 Å². The van der Waals surface area contributed by atoms with Crippen LogP contribution in [-0.2, 0) is 0 Å². The number of aldehydes is 1. The van der Waals surface area contributed by atoms with Gasteiger partial charge < -0.3 is 0 Å². The molecule has 0 aliphatic rings. The van der Waals surface area contributed by atoms with Crippen molar-refractivity contribution in [2.75, 3.05) is 0 Å². The number of aromatic nitrogens is 1. The van der Waals surface area contributed by atoms with E-state index in [-0.39, 0.29) is 5.15 Å². The molecule has 1 aromatic rings. The zero-order valence-corrected chi connectivity index (χ0v) is 8.81. The predicted molar refractivity (Wildman–Crippen MR) is 52.4 cm³/mol. The zero-order valence-electron chi connectivity index (χ0n) is 5.14. The molecule has 0 spiro atoms. The van der Waals surface area contributed by atoms with Gasteiger partial charge in [-0.15, -0.1) is 0 Å². The first-order chi connectivity index (χ1) is 5.15. The SMILES string of the molecule is O=Cc1cc(Cl)c(I)nc1Cl. The average molecular weight is 302 g/mol. The van der Waals surface area contributed by atoms with Crippen LogP contribution in [0.25, 0.3) is 0 Å². The highest BCUT2D eigenvalue weighted by Gasteiger charge is 2.05. The van der Waals surface area contributed by atoms with E-state index in [9.17, 15) is 4.79 Å². The molecule has 0 fully saturated rings. The Balaban J connectivity index is 3.31. The lowest BCUT2D eigenvalue weighted by atomic mass is 10.3. The molecular weight excluding hydrogens is 300 g/mol. The summed E-state index contributed by atoms with van der Waals surface area (Å²) in [5.74, 6) is 0. The molecule has 0 bridgehead atoms. The quantitative estimate of drug-likeness (QED) is 0.453. The van der Waals surface area contributed by atoms with Gasteiger partial charge in [0.05, 0.1) is 10.6 Å². The monoisotopic (exact) mass is 301 g/mol. The first-order valence-electron chi connectivity index (χ1n) is 2.62. The van der Waals surface area contributed by atoms with Crippen molar-refractivity contribution in [3.8, 4) is 0 Å². The van der Waals surface area contributed by atoms with Crippen molar-refractivity contribution in [2.45, 2.75) is 0 Å². The zero-order chi connectivity index (χ0) is 8.43. The Labute approximate surface area is 87.0 Å². The molecule has 0 atom stereocenters. The maximum absolute atomic E-state index is 10.3. The van der Waals surface area contributed by atoms with E-state index in [0.717, 1.165) is 0 Å². The number of rotatable bonds is 1. The summed E-state index contributed by atoms with van der Waals surface area (Å²) in [5, 5.41) is 0.630. The van der Waals surface area contributed by atoms with Crippen LogP contribution < -0.4 is 0 Å². The fourth-order valence-electron chi connectivity index (χ4n) is 0.542. The maximum atomic E-state index is 10.3. The van der Waals surface area contributed by atoms with Crippen LogP contribution in [0.5, 0.6) is 0 Å². The number of halogens is 3. The molecule has 0 unspecified atom stereocenters. The number of nitrogens with zero attached hydrogens (tertiary/aromatic N) is 1. The van der Waals surface area contributed by atoms with Crippen LogP contribution >= 0.6 is 45.8 Å². The van der Waals surface area contributed by atoms with Crippen molar-refractivity contribution in [1.29, 1.82) is 0 Å². The molecule has 0 aliphatic carbocycles. The van der Waals surface area contributed by atoms with Crippen LogP contribution in [0.1, 0.15) is 10.4 Å². The summed E-state index contributed by atoms with van der Waals surface area (Å²) in [6, 6.07) is 1.49. The Kier molecular flexibility index (Phi) is 3.09. The third kappa shape index (κ3) is 2.04. The van der Waals surface area contributed by atoms with Crippen molar-refractivity contribution in [2.24, 2.45) is 0 Å². The van der Waals surface area contributed by atoms with Gasteiger partial charge in [-0.1, -0.05) is 23.2 Å². The van der Waals surface area contributed by atoms with Crippen LogP contribution in [0, 0.1) is 3.70 Å². The molecule has 1 rings (SSSR count). The molecular formula is C6H2Cl2INO. The summed E-state index contributed by atoms with van der Waals surface area (Å²) in [5.41, 5.74) is 0.317. The van der Waals surface area contributed by atoms with Gasteiger partial charge in [0.1, 0.15) is 8.85 Å². The highest BCUT2D eigenvalue weighted by Crippen LogP contribution is 2.21. The van der Waals surface area contributed by atoms with Gasteiger partial charge in [-0.25, -0.2) is 4.98 Å². The first-order valence-corrected chi connectivity index (χ1v) is 4.45. The summed E-state index contributed by atoms with van der Waals surface area (Å²) < 4.78 is 0.597. The van der Waals surface area contributed by atoms with Crippen molar-refractivity contribution < 1.29 is 4.79 Å². The molecule has 5 heteroatoms. The van der Waals surface area contributed by atoms with Crippen LogP contribution in [0.3, 0.4) is 0 Å². The highest BCUT2D eigenvalue weighted by atomic mass is 127. The summed E-state index contributed by atoms with van der Waals surface area (Å²) in [7, 11) is 0. The van der Waals surface area contributed by atoms with Gasteiger partial charge in [0.25, 0.3) is 0 Å². The minimum Gasteiger partial charge on any atom is -0.298 e. The standard InChI is InChI=1S/C6H2Cl2INO/c7-4-1-3(2-11)5(8)10-6(4)9/h1-2H. The van der Waals surface area contributed by atoms with E-state index < -0.39 is 0 Å². The molecule has 0 amide bonds. The third-order valence-corrected chi connectivity index (χ3v) is 2.77. The van der Waals surface area contributed by atoms with E-state index >= 15 is 0 Å². The van der Waals surface area contributed by atoms with Gasteiger partial charge in [-0.05, 0) is 28.7 Å². The van der Waals surface area contributed by atoms with E-state index in [0.29, 0.717) is 20.6 Å². The summed E-state index contributed by atoms with van der Waals surface area (Å²) in [6.07, 6.45) is 0.622. The molecule has 1 heterocycles. The van der Waals surface area contributed by atoms with Gasteiger partial charge in [0, 0.05) is 0 Å². The fraction of sp³-hybridized carbons (Fsp3) is 0. The van der Waals surface area contributed by atoms with Crippen LogP contribution in [0.2, 0.25) is 10.2 Å². The molecule has 1 aromatic heterocycles. The average Bonchev–Trinajstić information content (AvgIpc) is 1.97. The van der Waals surface area contributed by atoms with Crippen LogP contribution in [0.15, 0.2) is 6.07 Å². The lowest BCUT2D eigenvalue weighted by Crippen LogP contribution is -1.89. The molecule has 11 heavy (non-hydrogen) atoms. The Morgan fingerprint density at radius 3 is 2.73 bits per heavy atom. The fourth-order valence-corrected chi connectivity index (χ4v) is 1.43. The van der Waals surface area contributed by atoms with Crippen LogP contribution in [-0.4, -0.2) is 11.3 Å². The Morgan fingerprint density at radius 2 is 2.18 bits per heavy atom. The molecule has 0 aliphatic heterocycles.